The van der Waals surface area contributed by atoms with Gasteiger partial charge in [0.25, 0.3) is 0 Å². The topological polar surface area (TPSA) is 40.5 Å². The fourth-order valence-electron chi connectivity index (χ4n) is 0. The van der Waals surface area contributed by atoms with E-state index in [0.29, 0.717) is 0 Å². The van der Waals surface area contributed by atoms with Crippen molar-refractivity contribution in [3.8, 4) is 0 Å². The van der Waals surface area contributed by atoms with Gasteiger partial charge in [0.15, 0.2) is 0 Å². The summed E-state index contributed by atoms with van der Waals surface area (Å²) in [4.78, 5) is 0. The first-order chi connectivity index (χ1) is 1.73. The van der Waals surface area contributed by atoms with E-state index in [2.05, 4.69) is 9.80 Å². The van der Waals surface area contributed by atoms with Crippen LogP contribution in [0.5, 0.6) is 0 Å². The van der Waals surface area contributed by atoms with E-state index in [4.69, 9.17) is 6.87 Å². The van der Waals surface area contributed by atoms with Crippen LogP contribution in [0.15, 0.2) is 0 Å². The van der Waals surface area contributed by atoms with Crippen LogP contribution < -0.4 is 0 Å². The molecule has 0 aromatic heterocycles. The van der Waals surface area contributed by atoms with Gasteiger partial charge in [0.05, 0.1) is 0 Å². The Bertz CT molecular complexity index is 10.8. The quantitative estimate of drug-likeness (QED) is 0.379. The summed E-state index contributed by atoms with van der Waals surface area (Å²) >= 11 is -2.57. The molecule has 0 rings (SSSR count). The first-order valence-corrected chi connectivity index (χ1v) is 5.67. The SMILES string of the molecule is OI(O)S. The van der Waals surface area contributed by atoms with Crippen LogP contribution in [0.2, 0.25) is 0 Å². The number of hydrogen-bond acceptors (Lipinski definition) is 3. The molecule has 0 aromatic rings. The van der Waals surface area contributed by atoms with Crippen LogP contribution in [-0.4, -0.2) is 6.87 Å². The summed E-state index contributed by atoms with van der Waals surface area (Å²) in [5.74, 6) is 0. The summed E-state index contributed by atoms with van der Waals surface area (Å²) in [6.45, 7) is 0. The second-order valence-corrected chi connectivity index (χ2v) is 3.55. The van der Waals surface area contributed by atoms with E-state index < -0.39 is 19.3 Å². The molecule has 0 aliphatic heterocycles. The number of thiol groups is 1. The summed E-state index contributed by atoms with van der Waals surface area (Å²) in [7, 11) is 3.23. The summed E-state index contributed by atoms with van der Waals surface area (Å²) in [5, 5.41) is 0. The molecule has 4 heteroatoms. The van der Waals surface area contributed by atoms with E-state index in [0.717, 1.165) is 0 Å². The zero-order valence-corrected chi connectivity index (χ0v) is 4.77. The molecule has 28 valence electrons. The van der Waals surface area contributed by atoms with Crippen molar-refractivity contribution in [2.75, 3.05) is 0 Å². The van der Waals surface area contributed by atoms with Crippen molar-refractivity contribution in [2.45, 2.75) is 0 Å². The Morgan fingerprint density at radius 3 is 1.50 bits per heavy atom. The van der Waals surface area contributed by atoms with E-state index in [-0.39, 0.29) is 0 Å². The fourth-order valence-corrected chi connectivity index (χ4v) is 0. The average molecular weight is 194 g/mol. The normalized spacial score (nSPS) is 11.2. The molecule has 0 fully saturated rings. The molecule has 0 heterocycles. The van der Waals surface area contributed by atoms with Crippen molar-refractivity contribution in [3.63, 3.8) is 0 Å². The molecule has 0 aliphatic rings. The predicted octanol–water partition coefficient (Wildman–Crippen LogP) is 0.152. The molecule has 4 heavy (non-hydrogen) atoms. The van der Waals surface area contributed by atoms with E-state index in [1.54, 1.807) is 0 Å². The Morgan fingerprint density at radius 2 is 1.50 bits per heavy atom. The Kier molecular flexibility index (Phi) is 2.81. The summed E-state index contributed by atoms with van der Waals surface area (Å²) in [6, 6.07) is 0. The maximum absolute atomic E-state index is 7.63. The Balaban J connectivity index is 2.32. The van der Waals surface area contributed by atoms with Crippen molar-refractivity contribution in [1.29, 1.82) is 0 Å². The van der Waals surface area contributed by atoms with Gasteiger partial charge in [0.2, 0.25) is 0 Å². The third-order valence-corrected chi connectivity index (χ3v) is 0. The average Bonchev–Trinajstić information content (AvgIpc) is 0.811. The van der Waals surface area contributed by atoms with Crippen LogP contribution >= 0.6 is 29.1 Å². The molecule has 0 aliphatic carbocycles. The molecule has 0 spiro atoms. The summed E-state index contributed by atoms with van der Waals surface area (Å²) < 4.78 is 15.3. The van der Waals surface area contributed by atoms with Gasteiger partial charge < -0.3 is 0 Å². The van der Waals surface area contributed by atoms with Gasteiger partial charge in [-0.2, -0.15) is 0 Å². The Labute approximate surface area is 36.2 Å². The molecule has 0 radical (unpaired) electrons. The van der Waals surface area contributed by atoms with Crippen LogP contribution in [-0.2, 0) is 0 Å². The van der Waals surface area contributed by atoms with Gasteiger partial charge in [-0.25, -0.2) is 0 Å². The van der Waals surface area contributed by atoms with Gasteiger partial charge in [0, 0.05) is 0 Å². The van der Waals surface area contributed by atoms with Gasteiger partial charge >= 0.3 is 35.9 Å². The molecule has 0 aromatic carbocycles. The van der Waals surface area contributed by atoms with Crippen LogP contribution in [0.1, 0.15) is 0 Å². The predicted molar refractivity (Wildman–Crippen MR) is 27.4 cm³/mol. The number of halogens is 1. The minimum absolute atomic E-state index is 2.57. The molecule has 0 atom stereocenters. The zero-order chi connectivity index (χ0) is 3.58. The standard InChI is InChI=1S/H3IO2S/c2-1(3)4/h2-4H. The van der Waals surface area contributed by atoms with Gasteiger partial charge in [-0.15, -0.1) is 0 Å². The van der Waals surface area contributed by atoms with Gasteiger partial charge in [-0.05, 0) is 0 Å². The molecule has 0 bridgehead atoms. The molecule has 0 saturated heterocycles. The zero-order valence-electron chi connectivity index (χ0n) is 1.72. The number of hydrogen-bond donors (Lipinski definition) is 3. The van der Waals surface area contributed by atoms with Gasteiger partial charge in [-0.1, -0.05) is 0 Å². The van der Waals surface area contributed by atoms with Crippen LogP contribution in [0.4, 0.5) is 0 Å². The summed E-state index contributed by atoms with van der Waals surface area (Å²) in [6.07, 6.45) is 0. The van der Waals surface area contributed by atoms with Crippen molar-refractivity contribution < 1.29 is 6.87 Å². The van der Waals surface area contributed by atoms with Crippen LogP contribution in [0.3, 0.4) is 0 Å². The molecule has 2 N–H and O–H groups in total. The van der Waals surface area contributed by atoms with Gasteiger partial charge in [-0.3, -0.25) is 0 Å². The first-order valence-electron chi connectivity index (χ1n) is 0.507. The third kappa shape index (κ3) is 12.0. The van der Waals surface area contributed by atoms with Crippen molar-refractivity contribution in [1.82, 2.24) is 0 Å². The molecule has 2 nitrogen and oxygen atoms in total. The molecular weight excluding hydrogens is 191 g/mol. The third-order valence-electron chi connectivity index (χ3n) is 0. The molecule has 0 unspecified atom stereocenters. The van der Waals surface area contributed by atoms with Crippen LogP contribution in [0.25, 0.3) is 0 Å². The van der Waals surface area contributed by atoms with Crippen molar-refractivity contribution >= 4 is 29.1 Å². The van der Waals surface area contributed by atoms with Crippen molar-refractivity contribution in [3.05, 3.63) is 0 Å². The second-order valence-electron chi connectivity index (χ2n) is 0.227. The van der Waals surface area contributed by atoms with E-state index in [9.17, 15) is 0 Å². The number of rotatable bonds is 0. The molecule has 0 saturated carbocycles. The second kappa shape index (κ2) is 2.25. The first kappa shape index (κ1) is 5.00. The minimum atomic E-state index is -2.57. The van der Waals surface area contributed by atoms with E-state index >= 15 is 0 Å². The Morgan fingerprint density at radius 1 is 1.50 bits per heavy atom. The fraction of sp³-hybridized carbons (Fsp3) is 0. The van der Waals surface area contributed by atoms with E-state index in [1.165, 1.54) is 0 Å². The maximum atomic E-state index is 7.63. The van der Waals surface area contributed by atoms with E-state index in [1.807, 2.05) is 0 Å². The van der Waals surface area contributed by atoms with Crippen LogP contribution in [0, 0.1) is 0 Å². The monoisotopic (exact) mass is 194 g/mol. The molecular formula is H3IO2S. The summed E-state index contributed by atoms with van der Waals surface area (Å²) in [5.41, 5.74) is 0. The van der Waals surface area contributed by atoms with Crippen molar-refractivity contribution in [2.24, 2.45) is 0 Å². The van der Waals surface area contributed by atoms with Gasteiger partial charge in [0.1, 0.15) is 0 Å². The Hall–Kier alpha value is 1.000. The molecule has 0 amide bonds.